The minimum Gasteiger partial charge on any atom is -0.326 e. The van der Waals surface area contributed by atoms with Gasteiger partial charge in [0.15, 0.2) is 0 Å². The number of aryl methyl sites for hydroxylation is 2. The van der Waals surface area contributed by atoms with Crippen molar-refractivity contribution in [3.63, 3.8) is 0 Å². The first-order valence-electron chi connectivity index (χ1n) is 6.00. The molecule has 0 aliphatic rings. The zero-order valence-electron chi connectivity index (χ0n) is 10.4. The smallest absolute Gasteiger partial charge is 0.123 e. The molecule has 0 unspecified atom stereocenters. The van der Waals surface area contributed by atoms with Gasteiger partial charge < -0.3 is 5.73 Å². The number of hydrogen-bond donors (Lipinski definition) is 1. The molecule has 90 valence electrons. The van der Waals surface area contributed by atoms with Crippen LogP contribution in [0.4, 0.5) is 0 Å². The average molecular weight is 246 g/mol. The van der Waals surface area contributed by atoms with Gasteiger partial charge in [0.1, 0.15) is 5.01 Å². The molecule has 17 heavy (non-hydrogen) atoms. The summed E-state index contributed by atoms with van der Waals surface area (Å²) in [5, 5.41) is 1.09. The first-order valence-corrected chi connectivity index (χ1v) is 6.82. The van der Waals surface area contributed by atoms with E-state index in [1.54, 1.807) is 11.3 Å². The van der Waals surface area contributed by atoms with Gasteiger partial charge in [0.05, 0.1) is 5.69 Å². The van der Waals surface area contributed by atoms with Crippen LogP contribution in [0.15, 0.2) is 24.3 Å². The van der Waals surface area contributed by atoms with E-state index in [1.807, 2.05) is 0 Å². The fraction of sp³-hybridized carbons (Fsp3) is 0.357. The SMILES string of the molecule is CCCc1nc(-c2ccc(C)cc2)sc1CN. The van der Waals surface area contributed by atoms with Crippen molar-refractivity contribution in [2.45, 2.75) is 33.2 Å². The molecule has 2 N–H and O–H groups in total. The molecule has 2 nitrogen and oxygen atoms in total. The molecule has 0 saturated carbocycles. The van der Waals surface area contributed by atoms with E-state index in [4.69, 9.17) is 10.7 Å². The minimum absolute atomic E-state index is 0.596. The van der Waals surface area contributed by atoms with E-state index < -0.39 is 0 Å². The Bertz CT molecular complexity index is 485. The molecule has 0 amide bonds. The second-order valence-corrected chi connectivity index (χ2v) is 5.29. The normalized spacial score (nSPS) is 10.8. The topological polar surface area (TPSA) is 38.9 Å². The van der Waals surface area contributed by atoms with Gasteiger partial charge in [-0.25, -0.2) is 4.98 Å². The fourth-order valence-corrected chi connectivity index (χ4v) is 2.79. The van der Waals surface area contributed by atoms with Crippen LogP contribution in [0.1, 0.15) is 29.5 Å². The Kier molecular flexibility index (Phi) is 3.92. The highest BCUT2D eigenvalue weighted by Crippen LogP contribution is 2.28. The van der Waals surface area contributed by atoms with Crippen LogP contribution in [-0.2, 0) is 13.0 Å². The van der Waals surface area contributed by atoms with E-state index in [1.165, 1.54) is 21.7 Å². The minimum atomic E-state index is 0.596. The van der Waals surface area contributed by atoms with Gasteiger partial charge in [-0.2, -0.15) is 0 Å². The maximum absolute atomic E-state index is 5.77. The van der Waals surface area contributed by atoms with Crippen LogP contribution in [-0.4, -0.2) is 4.98 Å². The number of aromatic nitrogens is 1. The first-order chi connectivity index (χ1) is 8.24. The standard InChI is InChI=1S/C14H18N2S/c1-3-4-12-13(9-15)17-14(16-12)11-7-5-10(2)6-8-11/h5-8H,3-4,9,15H2,1-2H3. The lowest BCUT2D eigenvalue weighted by Gasteiger charge is -1.96. The number of thiazole rings is 1. The molecule has 1 aromatic carbocycles. The van der Waals surface area contributed by atoms with E-state index in [-0.39, 0.29) is 0 Å². The van der Waals surface area contributed by atoms with E-state index in [0.717, 1.165) is 17.8 Å². The molecule has 3 heteroatoms. The molecular weight excluding hydrogens is 228 g/mol. The highest BCUT2D eigenvalue weighted by Gasteiger charge is 2.10. The quantitative estimate of drug-likeness (QED) is 0.896. The van der Waals surface area contributed by atoms with Gasteiger partial charge in [-0.15, -0.1) is 11.3 Å². The third-order valence-corrected chi connectivity index (χ3v) is 3.92. The maximum atomic E-state index is 5.77. The zero-order chi connectivity index (χ0) is 12.3. The molecule has 0 aliphatic carbocycles. The summed E-state index contributed by atoms with van der Waals surface area (Å²) < 4.78 is 0. The summed E-state index contributed by atoms with van der Waals surface area (Å²) >= 11 is 1.72. The van der Waals surface area contributed by atoms with E-state index in [9.17, 15) is 0 Å². The molecule has 0 fully saturated rings. The summed E-state index contributed by atoms with van der Waals surface area (Å²) in [4.78, 5) is 5.93. The third-order valence-electron chi connectivity index (χ3n) is 2.75. The Hall–Kier alpha value is -1.19. The molecule has 0 saturated heterocycles. The number of nitrogens with two attached hydrogens (primary N) is 1. The van der Waals surface area contributed by atoms with E-state index >= 15 is 0 Å². The summed E-state index contributed by atoms with van der Waals surface area (Å²) in [5.74, 6) is 0. The van der Waals surface area contributed by atoms with E-state index in [0.29, 0.717) is 6.54 Å². The molecular formula is C14H18N2S. The predicted molar refractivity (Wildman–Crippen MR) is 74.2 cm³/mol. The number of nitrogens with zero attached hydrogens (tertiary/aromatic N) is 1. The molecule has 0 atom stereocenters. The van der Waals surface area contributed by atoms with Crippen LogP contribution in [0.2, 0.25) is 0 Å². The Morgan fingerprint density at radius 1 is 1.24 bits per heavy atom. The fourth-order valence-electron chi connectivity index (χ4n) is 1.79. The van der Waals surface area contributed by atoms with Crippen LogP contribution in [0, 0.1) is 6.92 Å². The van der Waals surface area contributed by atoms with Gasteiger partial charge >= 0.3 is 0 Å². The molecule has 0 radical (unpaired) electrons. The highest BCUT2D eigenvalue weighted by molar-refractivity contribution is 7.15. The summed E-state index contributed by atoms with van der Waals surface area (Å²) in [7, 11) is 0. The van der Waals surface area contributed by atoms with Gasteiger partial charge in [0.25, 0.3) is 0 Å². The second kappa shape index (κ2) is 5.43. The van der Waals surface area contributed by atoms with Crippen LogP contribution >= 0.6 is 11.3 Å². The van der Waals surface area contributed by atoms with Gasteiger partial charge in [-0.05, 0) is 13.3 Å². The summed E-state index contributed by atoms with van der Waals surface area (Å²) in [5.41, 5.74) is 9.41. The van der Waals surface area contributed by atoms with Crippen molar-refractivity contribution in [3.8, 4) is 10.6 Å². The molecule has 2 aromatic rings. The van der Waals surface area contributed by atoms with Crippen molar-refractivity contribution in [1.82, 2.24) is 4.98 Å². The Morgan fingerprint density at radius 3 is 2.53 bits per heavy atom. The van der Waals surface area contributed by atoms with Crippen molar-refractivity contribution in [2.24, 2.45) is 5.73 Å². The largest absolute Gasteiger partial charge is 0.326 e. The van der Waals surface area contributed by atoms with Crippen molar-refractivity contribution in [3.05, 3.63) is 40.4 Å². The zero-order valence-corrected chi connectivity index (χ0v) is 11.2. The Labute approximate surface area is 107 Å². The van der Waals surface area contributed by atoms with Crippen LogP contribution < -0.4 is 5.73 Å². The van der Waals surface area contributed by atoms with E-state index in [2.05, 4.69) is 38.1 Å². The van der Waals surface area contributed by atoms with Gasteiger partial charge in [-0.1, -0.05) is 43.2 Å². The summed E-state index contributed by atoms with van der Waals surface area (Å²) in [6.45, 7) is 4.86. The highest BCUT2D eigenvalue weighted by atomic mass is 32.1. The van der Waals surface area contributed by atoms with Crippen molar-refractivity contribution >= 4 is 11.3 Å². The third kappa shape index (κ3) is 2.73. The van der Waals surface area contributed by atoms with Crippen molar-refractivity contribution in [2.75, 3.05) is 0 Å². The number of benzene rings is 1. The lowest BCUT2D eigenvalue weighted by molar-refractivity contribution is 0.872. The molecule has 0 spiro atoms. The van der Waals surface area contributed by atoms with Crippen LogP contribution in [0.25, 0.3) is 10.6 Å². The maximum Gasteiger partial charge on any atom is 0.123 e. The predicted octanol–water partition coefficient (Wildman–Crippen LogP) is 3.53. The number of rotatable bonds is 4. The first kappa shape index (κ1) is 12.3. The number of hydrogen-bond acceptors (Lipinski definition) is 3. The monoisotopic (exact) mass is 246 g/mol. The Balaban J connectivity index is 2.35. The van der Waals surface area contributed by atoms with Crippen LogP contribution in [0.3, 0.4) is 0 Å². The van der Waals surface area contributed by atoms with Gasteiger partial charge in [0.2, 0.25) is 0 Å². The molecule has 0 bridgehead atoms. The summed E-state index contributed by atoms with van der Waals surface area (Å²) in [6, 6.07) is 8.51. The molecule has 1 aromatic heterocycles. The lowest BCUT2D eigenvalue weighted by atomic mass is 10.1. The van der Waals surface area contributed by atoms with Gasteiger partial charge in [0, 0.05) is 17.0 Å². The molecule has 2 rings (SSSR count). The van der Waals surface area contributed by atoms with Gasteiger partial charge in [-0.3, -0.25) is 0 Å². The Morgan fingerprint density at radius 2 is 1.94 bits per heavy atom. The average Bonchev–Trinajstić information content (AvgIpc) is 2.74. The molecule has 0 aliphatic heterocycles. The van der Waals surface area contributed by atoms with Crippen LogP contribution in [0.5, 0.6) is 0 Å². The second-order valence-electron chi connectivity index (χ2n) is 4.21. The molecule has 1 heterocycles. The lowest BCUT2D eigenvalue weighted by Crippen LogP contribution is -1.97. The van der Waals surface area contributed by atoms with Crippen molar-refractivity contribution < 1.29 is 0 Å². The summed E-state index contributed by atoms with van der Waals surface area (Å²) in [6.07, 6.45) is 2.14. The van der Waals surface area contributed by atoms with Crippen molar-refractivity contribution in [1.29, 1.82) is 0 Å².